The van der Waals surface area contributed by atoms with Crippen LogP contribution in [0.4, 0.5) is 0 Å². The number of carbonyl (C=O) groups is 2. The molecule has 9 nitrogen and oxygen atoms in total. The molecule has 0 fully saturated rings. The number of ether oxygens (including phenoxy) is 2. The van der Waals surface area contributed by atoms with Crippen molar-refractivity contribution in [2.45, 2.75) is 187 Å². The summed E-state index contributed by atoms with van der Waals surface area (Å²) in [6.07, 6.45) is 56.1. The highest BCUT2D eigenvalue weighted by Crippen LogP contribution is 2.38. The molecule has 0 rings (SSSR count). The quantitative estimate of drug-likeness (QED) is 0.0196. The first kappa shape index (κ1) is 59.2. The number of nitrogens with zero attached hydrogens (tertiary/aromatic N) is 1. The summed E-state index contributed by atoms with van der Waals surface area (Å²) in [6, 6.07) is 0. The average molecular weight is 888 g/mol. The van der Waals surface area contributed by atoms with Crippen LogP contribution in [0.15, 0.2) is 85.1 Å². The molecule has 0 spiro atoms. The monoisotopic (exact) mass is 888 g/mol. The van der Waals surface area contributed by atoms with Crippen LogP contribution >= 0.6 is 7.82 Å². The lowest BCUT2D eigenvalue weighted by Crippen LogP contribution is -2.37. The lowest BCUT2D eigenvalue weighted by molar-refractivity contribution is -0.870. The molecule has 0 saturated heterocycles. The van der Waals surface area contributed by atoms with Gasteiger partial charge in [0.1, 0.15) is 19.8 Å². The number of esters is 2. The van der Waals surface area contributed by atoms with Crippen molar-refractivity contribution in [2.24, 2.45) is 0 Å². The van der Waals surface area contributed by atoms with Crippen molar-refractivity contribution >= 4 is 19.8 Å². The fourth-order valence-electron chi connectivity index (χ4n) is 6.13. The van der Waals surface area contributed by atoms with Crippen LogP contribution in [-0.2, 0) is 32.7 Å². The van der Waals surface area contributed by atoms with E-state index >= 15 is 0 Å². The number of unbranched alkanes of at least 4 members (excludes halogenated alkanes) is 15. The summed E-state index contributed by atoms with van der Waals surface area (Å²) in [6.45, 7) is 4.01. The number of phosphoric acid groups is 1. The molecule has 0 aromatic carbocycles. The second-order valence-electron chi connectivity index (χ2n) is 17.1. The van der Waals surface area contributed by atoms with Crippen LogP contribution < -0.4 is 4.89 Å². The third kappa shape index (κ3) is 46.7. The molecule has 0 radical (unpaired) electrons. The zero-order chi connectivity index (χ0) is 45.7. The minimum atomic E-state index is -4.64. The third-order valence-electron chi connectivity index (χ3n) is 9.88. The number of hydrogen-bond donors (Lipinski definition) is 0. The van der Waals surface area contributed by atoms with Crippen molar-refractivity contribution in [3.8, 4) is 0 Å². The molecule has 0 amide bonds. The Hall–Kier alpha value is -2.81. The first-order valence-corrected chi connectivity index (χ1v) is 25.8. The predicted molar refractivity (Wildman–Crippen MR) is 259 cm³/mol. The van der Waals surface area contributed by atoms with Gasteiger partial charge in [0.15, 0.2) is 6.10 Å². The first-order valence-electron chi connectivity index (χ1n) is 24.3. The summed E-state index contributed by atoms with van der Waals surface area (Å²) in [5.41, 5.74) is 0. The highest BCUT2D eigenvalue weighted by molar-refractivity contribution is 7.45. The van der Waals surface area contributed by atoms with Crippen molar-refractivity contribution in [1.82, 2.24) is 0 Å². The number of allylic oxidation sites excluding steroid dienone is 14. The van der Waals surface area contributed by atoms with Crippen LogP contribution in [0, 0.1) is 0 Å². The number of likely N-dealkylation sites (N-methyl/N-ethyl adjacent to an activating group) is 1. The van der Waals surface area contributed by atoms with E-state index in [-0.39, 0.29) is 26.1 Å². The molecular formula is C52H90NO8P. The summed E-state index contributed by atoms with van der Waals surface area (Å²) in [7, 11) is 1.14. The van der Waals surface area contributed by atoms with E-state index in [0.29, 0.717) is 23.9 Å². The molecule has 0 aliphatic carbocycles. The van der Waals surface area contributed by atoms with Crippen LogP contribution in [0.3, 0.4) is 0 Å². The maximum Gasteiger partial charge on any atom is 0.306 e. The predicted octanol–water partition coefficient (Wildman–Crippen LogP) is 13.7. The van der Waals surface area contributed by atoms with E-state index in [2.05, 4.69) is 98.9 Å². The van der Waals surface area contributed by atoms with Gasteiger partial charge in [0.25, 0.3) is 7.82 Å². The summed E-state index contributed by atoms with van der Waals surface area (Å²) >= 11 is 0. The molecule has 2 atom stereocenters. The molecule has 62 heavy (non-hydrogen) atoms. The van der Waals surface area contributed by atoms with E-state index in [1.165, 1.54) is 38.5 Å². The lowest BCUT2D eigenvalue weighted by Gasteiger charge is -2.28. The van der Waals surface area contributed by atoms with Gasteiger partial charge in [0.05, 0.1) is 27.7 Å². The van der Waals surface area contributed by atoms with Gasteiger partial charge in [-0.25, -0.2) is 0 Å². The smallest absolute Gasteiger partial charge is 0.306 e. The minimum Gasteiger partial charge on any atom is -0.756 e. The minimum absolute atomic E-state index is 0.0387. The fourth-order valence-corrected chi connectivity index (χ4v) is 6.86. The zero-order valence-electron chi connectivity index (χ0n) is 40.0. The van der Waals surface area contributed by atoms with Crippen LogP contribution in [-0.4, -0.2) is 70.0 Å². The molecule has 0 aromatic heterocycles. The van der Waals surface area contributed by atoms with Gasteiger partial charge in [-0.3, -0.25) is 14.2 Å². The summed E-state index contributed by atoms with van der Waals surface area (Å²) < 4.78 is 33.9. The molecule has 0 bridgehead atoms. The molecule has 0 aromatic rings. The molecule has 0 heterocycles. The average Bonchev–Trinajstić information content (AvgIpc) is 3.23. The van der Waals surface area contributed by atoms with Crippen molar-refractivity contribution in [3.05, 3.63) is 85.1 Å². The second-order valence-corrected chi connectivity index (χ2v) is 18.5. The summed E-state index contributed by atoms with van der Waals surface area (Å²) in [4.78, 5) is 37.6. The molecule has 0 saturated carbocycles. The molecule has 2 unspecified atom stereocenters. The van der Waals surface area contributed by atoms with Crippen molar-refractivity contribution in [3.63, 3.8) is 0 Å². The molecule has 10 heteroatoms. The number of carbonyl (C=O) groups excluding carboxylic acids is 2. The maximum atomic E-state index is 12.7. The Kier molecular flexibility index (Phi) is 41.5. The van der Waals surface area contributed by atoms with Crippen LogP contribution in [0.1, 0.15) is 181 Å². The Morgan fingerprint density at radius 3 is 1.37 bits per heavy atom. The van der Waals surface area contributed by atoms with Gasteiger partial charge in [0, 0.05) is 12.8 Å². The van der Waals surface area contributed by atoms with Crippen LogP contribution in [0.25, 0.3) is 0 Å². The highest BCUT2D eigenvalue weighted by atomic mass is 31.2. The number of hydrogen-bond acceptors (Lipinski definition) is 8. The SMILES string of the molecule is CC/C=C\C/C=C\C/C=C\C/C=C\C/C=C\CCCCCCCCCCCC(=O)OC(COC(=O)CCCCCCC/C=C\C/C=C\CCC)COP(=O)([O-])OCC[N+](C)(C)C. The summed E-state index contributed by atoms with van der Waals surface area (Å²) in [5, 5.41) is 0. The Labute approximate surface area is 380 Å². The first-order chi connectivity index (χ1) is 30.0. The van der Waals surface area contributed by atoms with E-state index in [0.717, 1.165) is 103 Å². The zero-order valence-corrected chi connectivity index (χ0v) is 40.9. The Morgan fingerprint density at radius 1 is 0.516 bits per heavy atom. The van der Waals surface area contributed by atoms with Gasteiger partial charge in [-0.1, -0.05) is 170 Å². The number of phosphoric ester groups is 1. The van der Waals surface area contributed by atoms with Crippen molar-refractivity contribution < 1.29 is 42.1 Å². The van der Waals surface area contributed by atoms with Gasteiger partial charge in [-0.05, 0) is 83.5 Å². The lowest BCUT2D eigenvalue weighted by atomic mass is 10.1. The molecule has 0 aliphatic rings. The molecular weight excluding hydrogens is 798 g/mol. The van der Waals surface area contributed by atoms with Crippen LogP contribution in [0.5, 0.6) is 0 Å². The van der Waals surface area contributed by atoms with Gasteiger partial charge >= 0.3 is 11.9 Å². The van der Waals surface area contributed by atoms with E-state index in [1.807, 2.05) is 21.1 Å². The summed E-state index contributed by atoms with van der Waals surface area (Å²) in [5.74, 6) is -0.864. The molecule has 0 aliphatic heterocycles. The largest absolute Gasteiger partial charge is 0.756 e. The van der Waals surface area contributed by atoms with E-state index in [9.17, 15) is 19.0 Å². The van der Waals surface area contributed by atoms with Gasteiger partial charge < -0.3 is 27.9 Å². The van der Waals surface area contributed by atoms with E-state index < -0.39 is 32.5 Å². The van der Waals surface area contributed by atoms with Crippen molar-refractivity contribution in [1.29, 1.82) is 0 Å². The fraction of sp³-hybridized carbons (Fsp3) is 0.692. The standard InChI is InChI=1S/C52H90NO8P/c1-6-8-10-12-14-16-18-20-21-22-23-24-25-26-27-28-29-30-31-33-35-37-39-41-43-45-52(55)61-50(49-60-62(56,57)59-47-46-53(3,4)5)48-58-51(54)44-42-40-38-36-34-32-19-17-15-13-11-9-7-2/h8,10-11,13-14,16-17,19-21,23-24,26-27,50H,6-7,9,12,15,18,22,25,28-49H2,1-5H3/b10-8-,13-11-,16-14-,19-17-,21-20-,24-23-,27-26-. The number of rotatable bonds is 43. The Bertz CT molecular complexity index is 1330. The van der Waals surface area contributed by atoms with Gasteiger partial charge in [-0.15, -0.1) is 0 Å². The number of quaternary nitrogens is 1. The molecule has 356 valence electrons. The maximum absolute atomic E-state index is 12.7. The van der Waals surface area contributed by atoms with Gasteiger partial charge in [-0.2, -0.15) is 0 Å². The van der Waals surface area contributed by atoms with Gasteiger partial charge in [0.2, 0.25) is 0 Å². The van der Waals surface area contributed by atoms with E-state index in [1.54, 1.807) is 0 Å². The Morgan fingerprint density at radius 2 is 0.919 bits per heavy atom. The third-order valence-corrected chi connectivity index (χ3v) is 10.8. The van der Waals surface area contributed by atoms with E-state index in [4.69, 9.17) is 18.5 Å². The second kappa shape index (κ2) is 43.4. The molecule has 0 N–H and O–H groups in total. The Balaban J connectivity index is 4.28. The highest BCUT2D eigenvalue weighted by Gasteiger charge is 2.21. The van der Waals surface area contributed by atoms with Crippen molar-refractivity contribution in [2.75, 3.05) is 47.5 Å². The topological polar surface area (TPSA) is 111 Å². The van der Waals surface area contributed by atoms with Crippen LogP contribution in [0.2, 0.25) is 0 Å². The normalized spacial score (nSPS) is 14.2.